The van der Waals surface area contributed by atoms with E-state index in [-0.39, 0.29) is 18.2 Å². The van der Waals surface area contributed by atoms with Gasteiger partial charge in [-0.15, -0.1) is 25.6 Å². The molecule has 1 aromatic heterocycles. The van der Waals surface area contributed by atoms with E-state index in [0.29, 0.717) is 5.56 Å². The molecule has 1 aromatic carbocycles. The van der Waals surface area contributed by atoms with Gasteiger partial charge in [0.25, 0.3) is 0 Å². The maximum absolute atomic E-state index is 12.0. The van der Waals surface area contributed by atoms with Gasteiger partial charge in [0, 0.05) is 18.8 Å². The molecule has 0 bridgehead atoms. The van der Waals surface area contributed by atoms with E-state index in [1.165, 1.54) is 24.3 Å². The number of halogens is 4. The average Bonchev–Trinajstić information content (AvgIpc) is 2.74. The van der Waals surface area contributed by atoms with Crippen molar-refractivity contribution in [3.05, 3.63) is 47.8 Å². The van der Waals surface area contributed by atoms with Crippen LogP contribution in [0, 0.1) is 0 Å². The second kappa shape index (κ2) is 6.15. The summed E-state index contributed by atoms with van der Waals surface area (Å²) in [7, 11) is 1.76. The normalized spacial score (nSPS) is 12.7. The van der Waals surface area contributed by atoms with E-state index in [0.717, 1.165) is 5.56 Å². The summed E-state index contributed by atoms with van der Waals surface area (Å²) in [6, 6.07) is 5.03. The van der Waals surface area contributed by atoms with Crippen molar-refractivity contribution in [3.8, 4) is 5.75 Å². The molecule has 0 aliphatic heterocycles. The van der Waals surface area contributed by atoms with Crippen LogP contribution in [-0.2, 0) is 7.05 Å². The predicted octanol–water partition coefficient (Wildman–Crippen LogP) is 2.79. The highest BCUT2D eigenvalue weighted by atomic mass is 35.5. The molecule has 2 rings (SSSR count). The van der Waals surface area contributed by atoms with Crippen LogP contribution in [0.2, 0.25) is 0 Å². The molecule has 0 aliphatic carbocycles. The minimum absolute atomic E-state index is 0. The molecule has 0 unspecified atom stereocenters. The van der Waals surface area contributed by atoms with Crippen molar-refractivity contribution in [2.45, 2.75) is 12.4 Å². The van der Waals surface area contributed by atoms with Gasteiger partial charge >= 0.3 is 6.36 Å². The molecule has 0 fully saturated rings. The van der Waals surface area contributed by atoms with Gasteiger partial charge in [-0.3, -0.25) is 4.68 Å². The molecule has 0 aliphatic rings. The van der Waals surface area contributed by atoms with Crippen LogP contribution in [0.1, 0.15) is 17.2 Å². The van der Waals surface area contributed by atoms with E-state index in [2.05, 4.69) is 9.84 Å². The van der Waals surface area contributed by atoms with Gasteiger partial charge < -0.3 is 10.5 Å². The first-order valence-electron chi connectivity index (χ1n) is 5.45. The molecule has 110 valence electrons. The fourth-order valence-electron chi connectivity index (χ4n) is 1.67. The van der Waals surface area contributed by atoms with Gasteiger partial charge in [0.1, 0.15) is 5.75 Å². The Kier molecular flexibility index (Phi) is 5.02. The van der Waals surface area contributed by atoms with Gasteiger partial charge in [0.15, 0.2) is 0 Å². The number of nitrogens with zero attached hydrogens (tertiary/aromatic N) is 2. The molecule has 0 saturated carbocycles. The van der Waals surface area contributed by atoms with Crippen molar-refractivity contribution in [2.75, 3.05) is 0 Å². The molecule has 0 amide bonds. The molecular formula is C12H13ClF3N3O. The third-order valence-electron chi connectivity index (χ3n) is 2.56. The fourth-order valence-corrected chi connectivity index (χ4v) is 1.67. The third kappa shape index (κ3) is 4.14. The lowest BCUT2D eigenvalue weighted by Gasteiger charge is -2.12. The monoisotopic (exact) mass is 307 g/mol. The molecule has 0 radical (unpaired) electrons. The summed E-state index contributed by atoms with van der Waals surface area (Å²) < 4.78 is 41.4. The maximum atomic E-state index is 12.0. The van der Waals surface area contributed by atoms with Crippen LogP contribution >= 0.6 is 12.4 Å². The smallest absolute Gasteiger partial charge is 0.406 e. The molecule has 1 heterocycles. The van der Waals surface area contributed by atoms with Crippen molar-refractivity contribution >= 4 is 12.4 Å². The third-order valence-corrected chi connectivity index (χ3v) is 2.56. The van der Waals surface area contributed by atoms with E-state index in [9.17, 15) is 13.2 Å². The predicted molar refractivity (Wildman–Crippen MR) is 69.6 cm³/mol. The molecule has 2 aromatic rings. The van der Waals surface area contributed by atoms with Crippen LogP contribution in [0.25, 0.3) is 0 Å². The topological polar surface area (TPSA) is 53.1 Å². The molecule has 2 N–H and O–H groups in total. The first-order chi connectivity index (χ1) is 8.85. The number of nitrogens with two attached hydrogens (primary N) is 1. The summed E-state index contributed by atoms with van der Waals surface area (Å²) >= 11 is 0. The van der Waals surface area contributed by atoms with Crippen LogP contribution in [0.15, 0.2) is 36.7 Å². The average molecular weight is 308 g/mol. The number of aromatic nitrogens is 2. The molecule has 8 heteroatoms. The highest BCUT2D eigenvalue weighted by Crippen LogP contribution is 2.25. The summed E-state index contributed by atoms with van der Waals surface area (Å²) in [5.74, 6) is -0.269. The van der Waals surface area contributed by atoms with Crippen LogP contribution < -0.4 is 10.5 Å². The molecule has 0 spiro atoms. The Balaban J connectivity index is 0.00000200. The van der Waals surface area contributed by atoms with Gasteiger partial charge in [-0.1, -0.05) is 12.1 Å². The zero-order valence-electron chi connectivity index (χ0n) is 10.5. The minimum atomic E-state index is -4.69. The SMILES string of the molecule is Cl.Cn1cc([C@@H](N)c2ccc(OC(F)(F)F)cc2)cn1. The van der Waals surface area contributed by atoms with Gasteiger partial charge in [0.2, 0.25) is 0 Å². The standard InChI is InChI=1S/C12H12F3N3O.ClH/c1-18-7-9(6-17-18)11(16)8-2-4-10(5-3-8)19-12(13,14)15;/h2-7,11H,16H2,1H3;1H/t11-;/m0./s1. The van der Waals surface area contributed by atoms with Crippen molar-refractivity contribution in [1.29, 1.82) is 0 Å². The Morgan fingerprint density at radius 1 is 1.20 bits per heavy atom. The van der Waals surface area contributed by atoms with Gasteiger partial charge in [0.05, 0.1) is 12.2 Å². The number of aryl methyl sites for hydroxylation is 1. The highest BCUT2D eigenvalue weighted by molar-refractivity contribution is 5.85. The zero-order valence-corrected chi connectivity index (χ0v) is 11.3. The highest BCUT2D eigenvalue weighted by Gasteiger charge is 2.31. The molecule has 0 saturated heterocycles. The van der Waals surface area contributed by atoms with Crippen molar-refractivity contribution in [1.82, 2.24) is 9.78 Å². The molecule has 20 heavy (non-hydrogen) atoms. The van der Waals surface area contributed by atoms with Gasteiger partial charge in [-0.25, -0.2) is 0 Å². The quantitative estimate of drug-likeness (QED) is 0.948. The number of alkyl halides is 3. The second-order valence-electron chi connectivity index (χ2n) is 4.04. The van der Waals surface area contributed by atoms with Crippen LogP contribution in [0.4, 0.5) is 13.2 Å². The van der Waals surface area contributed by atoms with Gasteiger partial charge in [-0.2, -0.15) is 5.10 Å². The summed E-state index contributed by atoms with van der Waals surface area (Å²) in [5, 5.41) is 3.99. The molecule has 4 nitrogen and oxygen atoms in total. The first-order valence-corrected chi connectivity index (χ1v) is 5.45. The van der Waals surface area contributed by atoms with Crippen molar-refractivity contribution < 1.29 is 17.9 Å². The van der Waals surface area contributed by atoms with Crippen LogP contribution in [0.5, 0.6) is 5.75 Å². The fraction of sp³-hybridized carbons (Fsp3) is 0.250. The maximum Gasteiger partial charge on any atom is 0.573 e. The summed E-state index contributed by atoms with van der Waals surface area (Å²) in [6.45, 7) is 0. The first kappa shape index (κ1) is 16.3. The zero-order chi connectivity index (χ0) is 14.0. The number of hydrogen-bond donors (Lipinski definition) is 1. The Morgan fingerprint density at radius 3 is 2.25 bits per heavy atom. The Morgan fingerprint density at radius 2 is 1.80 bits per heavy atom. The summed E-state index contributed by atoms with van der Waals surface area (Å²) in [5.41, 5.74) is 7.46. The molecular weight excluding hydrogens is 295 g/mol. The van der Waals surface area contributed by atoms with E-state index < -0.39 is 12.4 Å². The lowest BCUT2D eigenvalue weighted by molar-refractivity contribution is -0.274. The van der Waals surface area contributed by atoms with Crippen LogP contribution in [-0.4, -0.2) is 16.1 Å². The van der Waals surface area contributed by atoms with Crippen molar-refractivity contribution in [3.63, 3.8) is 0 Å². The van der Waals surface area contributed by atoms with E-state index in [1.807, 2.05) is 0 Å². The summed E-state index contributed by atoms with van der Waals surface area (Å²) in [6.07, 6.45) is -1.32. The number of rotatable bonds is 3. The molecule has 1 atom stereocenters. The largest absolute Gasteiger partial charge is 0.573 e. The van der Waals surface area contributed by atoms with E-state index in [1.54, 1.807) is 24.1 Å². The van der Waals surface area contributed by atoms with Crippen LogP contribution in [0.3, 0.4) is 0 Å². The minimum Gasteiger partial charge on any atom is -0.406 e. The van der Waals surface area contributed by atoms with Gasteiger partial charge in [-0.05, 0) is 17.7 Å². The number of benzene rings is 1. The summed E-state index contributed by atoms with van der Waals surface area (Å²) in [4.78, 5) is 0. The lowest BCUT2D eigenvalue weighted by atomic mass is 10.0. The number of hydrogen-bond acceptors (Lipinski definition) is 3. The number of ether oxygens (including phenoxy) is 1. The Bertz CT molecular complexity index is 554. The Labute approximate surface area is 119 Å². The van der Waals surface area contributed by atoms with Crippen molar-refractivity contribution in [2.24, 2.45) is 12.8 Å². The van der Waals surface area contributed by atoms with E-state index in [4.69, 9.17) is 5.73 Å². The van der Waals surface area contributed by atoms with E-state index >= 15 is 0 Å². The lowest BCUT2D eigenvalue weighted by Crippen LogP contribution is -2.17. The Hall–Kier alpha value is -1.73. The second-order valence-corrected chi connectivity index (χ2v) is 4.04.